The molecule has 1 unspecified atom stereocenters. The molecule has 2 rings (SSSR count). The molecule has 2 N–H and O–H groups in total. The van der Waals surface area contributed by atoms with Gasteiger partial charge in [-0.3, -0.25) is 0 Å². The zero-order chi connectivity index (χ0) is 13.4. The van der Waals surface area contributed by atoms with Crippen LogP contribution in [0.3, 0.4) is 0 Å². The number of phenolic OH excluding ortho intramolecular Hbond substituents is 1. The maximum absolute atomic E-state index is 10.2. The average Bonchev–Trinajstić information content (AvgIpc) is 2.77. The van der Waals surface area contributed by atoms with Gasteiger partial charge in [-0.15, -0.1) is 0 Å². The number of aromatic hydroxyl groups is 1. The minimum atomic E-state index is -0.0656. The number of benzene rings is 1. The maximum atomic E-state index is 10.2. The van der Waals surface area contributed by atoms with E-state index in [1.54, 1.807) is 0 Å². The van der Waals surface area contributed by atoms with Crippen molar-refractivity contribution in [3.8, 4) is 5.75 Å². The quantitative estimate of drug-likeness (QED) is 0.854. The molecule has 1 aromatic carbocycles. The molecular weight excluding hydrogens is 222 g/mol. The van der Waals surface area contributed by atoms with Gasteiger partial charge in [-0.1, -0.05) is 26.8 Å². The number of hydrogen-bond acceptors (Lipinski definition) is 2. The fourth-order valence-corrected chi connectivity index (χ4v) is 2.73. The first kappa shape index (κ1) is 13.4. The van der Waals surface area contributed by atoms with Gasteiger partial charge in [0.15, 0.2) is 0 Å². The zero-order valence-electron chi connectivity index (χ0n) is 12.0. The number of phenols is 1. The molecule has 18 heavy (non-hydrogen) atoms. The Morgan fingerprint density at radius 1 is 1.39 bits per heavy atom. The van der Waals surface area contributed by atoms with Crippen LogP contribution in [0.2, 0.25) is 0 Å². The number of rotatable bonds is 3. The molecule has 0 radical (unpaired) electrons. The summed E-state index contributed by atoms with van der Waals surface area (Å²) in [5, 5.41) is 13.7. The predicted molar refractivity (Wildman–Crippen MR) is 76.0 cm³/mol. The van der Waals surface area contributed by atoms with Gasteiger partial charge in [0.25, 0.3) is 0 Å². The summed E-state index contributed by atoms with van der Waals surface area (Å²) >= 11 is 0. The first-order valence-corrected chi connectivity index (χ1v) is 6.98. The molecule has 0 saturated carbocycles. The van der Waals surface area contributed by atoms with Crippen molar-refractivity contribution in [2.75, 3.05) is 6.54 Å². The Balaban J connectivity index is 2.45. The van der Waals surface area contributed by atoms with E-state index < -0.39 is 0 Å². The van der Waals surface area contributed by atoms with Gasteiger partial charge in [-0.2, -0.15) is 0 Å². The first-order valence-electron chi connectivity index (χ1n) is 6.98. The van der Waals surface area contributed by atoms with Crippen LogP contribution >= 0.6 is 0 Å². The maximum Gasteiger partial charge on any atom is 0.120 e. The van der Waals surface area contributed by atoms with Crippen molar-refractivity contribution in [1.82, 2.24) is 5.32 Å². The zero-order valence-corrected chi connectivity index (χ0v) is 12.0. The summed E-state index contributed by atoms with van der Waals surface area (Å²) in [5.74, 6) is 0.419. The monoisotopic (exact) mass is 247 g/mol. The number of hydrogen-bond donors (Lipinski definition) is 2. The normalized spacial score (nSPS) is 24.4. The molecule has 1 aliphatic rings. The molecule has 0 spiro atoms. The van der Waals surface area contributed by atoms with Gasteiger partial charge in [0, 0.05) is 11.1 Å². The summed E-state index contributed by atoms with van der Waals surface area (Å²) in [7, 11) is 0. The summed E-state index contributed by atoms with van der Waals surface area (Å²) in [4.78, 5) is 0. The second kappa shape index (κ2) is 4.58. The van der Waals surface area contributed by atoms with E-state index in [4.69, 9.17) is 0 Å². The first-order chi connectivity index (χ1) is 8.39. The van der Waals surface area contributed by atoms with Crippen LogP contribution in [0.1, 0.15) is 58.1 Å². The lowest BCUT2D eigenvalue weighted by Crippen LogP contribution is -2.33. The van der Waals surface area contributed by atoms with Gasteiger partial charge >= 0.3 is 0 Å². The Hall–Kier alpha value is -1.02. The third-order valence-corrected chi connectivity index (χ3v) is 4.63. The molecule has 0 aliphatic carbocycles. The largest absolute Gasteiger partial charge is 0.508 e. The van der Waals surface area contributed by atoms with E-state index in [-0.39, 0.29) is 11.0 Å². The lowest BCUT2D eigenvalue weighted by Gasteiger charge is -2.30. The Bertz CT molecular complexity index is 431. The lowest BCUT2D eigenvalue weighted by molar-refractivity contribution is 0.392. The third kappa shape index (κ3) is 2.26. The van der Waals surface area contributed by atoms with Crippen molar-refractivity contribution in [3.63, 3.8) is 0 Å². The minimum absolute atomic E-state index is 0.0656. The molecular formula is C16H25NO. The Morgan fingerprint density at radius 3 is 2.67 bits per heavy atom. The molecule has 0 aromatic heterocycles. The van der Waals surface area contributed by atoms with Crippen LogP contribution in [0.25, 0.3) is 0 Å². The summed E-state index contributed by atoms with van der Waals surface area (Å²) in [5.41, 5.74) is 2.47. The van der Waals surface area contributed by atoms with E-state index in [2.05, 4.69) is 45.1 Å². The van der Waals surface area contributed by atoms with Crippen LogP contribution in [-0.2, 0) is 11.0 Å². The van der Waals surface area contributed by atoms with Gasteiger partial charge in [0.2, 0.25) is 0 Å². The van der Waals surface area contributed by atoms with E-state index in [1.165, 1.54) is 12.0 Å². The Morgan fingerprint density at radius 2 is 2.11 bits per heavy atom. The molecule has 2 heteroatoms. The lowest BCUT2D eigenvalue weighted by atomic mass is 9.79. The molecule has 1 saturated heterocycles. The van der Waals surface area contributed by atoms with Crippen LogP contribution in [0.4, 0.5) is 0 Å². The van der Waals surface area contributed by atoms with E-state index in [0.717, 1.165) is 24.9 Å². The molecule has 0 amide bonds. The minimum Gasteiger partial charge on any atom is -0.508 e. The second-order valence-corrected chi connectivity index (χ2v) is 6.33. The van der Waals surface area contributed by atoms with E-state index in [0.29, 0.717) is 5.75 Å². The fraction of sp³-hybridized carbons (Fsp3) is 0.625. The van der Waals surface area contributed by atoms with E-state index >= 15 is 0 Å². The number of nitrogens with one attached hydrogen (secondary N) is 1. The molecule has 1 fully saturated rings. The summed E-state index contributed by atoms with van der Waals surface area (Å²) in [6, 6.07) is 6.10. The standard InChI is InChI=1S/C16H25NO/c1-5-15(2,3)12-7-8-14(18)13(11-12)16(4)9-6-10-17-16/h7-8,11,17-18H,5-6,9-10H2,1-4H3. The van der Waals surface area contributed by atoms with E-state index in [9.17, 15) is 5.11 Å². The predicted octanol–water partition coefficient (Wildman–Crippen LogP) is 3.68. The summed E-state index contributed by atoms with van der Waals surface area (Å²) < 4.78 is 0. The second-order valence-electron chi connectivity index (χ2n) is 6.33. The van der Waals surface area contributed by atoms with Crippen molar-refractivity contribution >= 4 is 0 Å². The SMILES string of the molecule is CCC(C)(C)c1ccc(O)c(C2(C)CCCN2)c1. The Kier molecular flexibility index (Phi) is 3.41. The van der Waals surface area contributed by atoms with Crippen LogP contribution < -0.4 is 5.32 Å². The highest BCUT2D eigenvalue weighted by molar-refractivity contribution is 5.43. The van der Waals surface area contributed by atoms with Crippen molar-refractivity contribution in [1.29, 1.82) is 0 Å². The van der Waals surface area contributed by atoms with Crippen LogP contribution in [0, 0.1) is 0 Å². The molecule has 2 nitrogen and oxygen atoms in total. The van der Waals surface area contributed by atoms with Crippen molar-refractivity contribution in [3.05, 3.63) is 29.3 Å². The van der Waals surface area contributed by atoms with Gasteiger partial charge in [-0.25, -0.2) is 0 Å². The van der Waals surface area contributed by atoms with Gasteiger partial charge < -0.3 is 10.4 Å². The molecule has 0 bridgehead atoms. The van der Waals surface area contributed by atoms with Gasteiger partial charge in [0.05, 0.1) is 0 Å². The Labute approximate surface area is 110 Å². The van der Waals surface area contributed by atoms with Gasteiger partial charge in [-0.05, 0) is 55.8 Å². The smallest absolute Gasteiger partial charge is 0.120 e. The molecule has 1 aromatic rings. The highest BCUT2D eigenvalue weighted by Gasteiger charge is 2.33. The summed E-state index contributed by atoms with van der Waals surface area (Å²) in [6.07, 6.45) is 3.37. The fourth-order valence-electron chi connectivity index (χ4n) is 2.73. The molecule has 1 heterocycles. The summed E-state index contributed by atoms with van der Waals surface area (Å²) in [6.45, 7) is 9.96. The van der Waals surface area contributed by atoms with Crippen LogP contribution in [-0.4, -0.2) is 11.7 Å². The van der Waals surface area contributed by atoms with Crippen molar-refractivity contribution in [2.24, 2.45) is 0 Å². The van der Waals surface area contributed by atoms with Gasteiger partial charge in [0.1, 0.15) is 5.75 Å². The third-order valence-electron chi connectivity index (χ3n) is 4.63. The molecule has 100 valence electrons. The highest BCUT2D eigenvalue weighted by Crippen LogP contribution is 2.38. The van der Waals surface area contributed by atoms with E-state index in [1.807, 2.05) is 6.07 Å². The average molecular weight is 247 g/mol. The topological polar surface area (TPSA) is 32.3 Å². The molecule has 1 atom stereocenters. The highest BCUT2D eigenvalue weighted by atomic mass is 16.3. The van der Waals surface area contributed by atoms with Crippen LogP contribution in [0.5, 0.6) is 5.75 Å². The molecule has 1 aliphatic heterocycles. The van der Waals surface area contributed by atoms with Crippen molar-refractivity contribution in [2.45, 2.75) is 57.9 Å². The van der Waals surface area contributed by atoms with Crippen molar-refractivity contribution < 1.29 is 5.11 Å². The van der Waals surface area contributed by atoms with Crippen LogP contribution in [0.15, 0.2) is 18.2 Å².